The molecule has 1 aromatic carbocycles. The molecule has 1 heterocycles. The number of benzene rings is 1. The molecular formula is C20H30N4OS. The topological polar surface area (TPSA) is 65.5 Å². The molecule has 1 saturated heterocycles. The first-order valence-electron chi connectivity index (χ1n) is 9.70. The quantitative estimate of drug-likeness (QED) is 0.528. The van der Waals surface area contributed by atoms with Gasteiger partial charge in [-0.3, -0.25) is 9.79 Å². The van der Waals surface area contributed by atoms with E-state index in [4.69, 9.17) is 0 Å². The summed E-state index contributed by atoms with van der Waals surface area (Å²) in [6, 6.07) is 8.06. The minimum Gasteiger partial charge on any atom is -0.355 e. The number of hydrogen-bond acceptors (Lipinski definition) is 3. The lowest BCUT2D eigenvalue weighted by atomic mass is 10.1. The van der Waals surface area contributed by atoms with E-state index in [-0.39, 0.29) is 11.8 Å². The smallest absolute Gasteiger partial charge is 0.227 e. The zero-order valence-corrected chi connectivity index (χ0v) is 16.4. The Labute approximate surface area is 160 Å². The molecule has 6 heteroatoms. The number of nitrogens with one attached hydrogen (secondary N) is 3. The van der Waals surface area contributed by atoms with Crippen LogP contribution in [0.3, 0.4) is 0 Å². The third-order valence-electron chi connectivity index (χ3n) is 5.13. The summed E-state index contributed by atoms with van der Waals surface area (Å²) < 4.78 is 0. The van der Waals surface area contributed by atoms with Gasteiger partial charge in [0.15, 0.2) is 5.96 Å². The van der Waals surface area contributed by atoms with Crippen molar-refractivity contribution in [3.63, 3.8) is 0 Å². The minimum absolute atomic E-state index is 0.166. The van der Waals surface area contributed by atoms with Gasteiger partial charge in [0.2, 0.25) is 5.91 Å². The van der Waals surface area contributed by atoms with Gasteiger partial charge in [0, 0.05) is 37.0 Å². The van der Waals surface area contributed by atoms with Crippen LogP contribution in [0.25, 0.3) is 0 Å². The number of carbonyl (C=O) groups is 1. The average Bonchev–Trinajstić information content (AvgIpc) is 3.36. The summed E-state index contributed by atoms with van der Waals surface area (Å²) in [6.45, 7) is 1.65. The molecule has 2 fully saturated rings. The second-order valence-electron chi connectivity index (χ2n) is 7.11. The van der Waals surface area contributed by atoms with Crippen LogP contribution in [-0.2, 0) is 11.3 Å². The highest BCUT2D eigenvalue weighted by Gasteiger charge is 2.22. The summed E-state index contributed by atoms with van der Waals surface area (Å²) in [6.07, 6.45) is 7.00. The van der Waals surface area contributed by atoms with Crippen LogP contribution in [0.5, 0.6) is 0 Å². The van der Waals surface area contributed by atoms with E-state index in [0.29, 0.717) is 11.8 Å². The highest BCUT2D eigenvalue weighted by atomic mass is 32.2. The summed E-state index contributed by atoms with van der Waals surface area (Å²) in [5.41, 5.74) is 2.01. The fourth-order valence-electron chi connectivity index (χ4n) is 3.61. The number of rotatable bonds is 6. The van der Waals surface area contributed by atoms with Gasteiger partial charge < -0.3 is 16.0 Å². The molecule has 1 amide bonds. The van der Waals surface area contributed by atoms with Crippen molar-refractivity contribution in [2.75, 3.05) is 24.7 Å². The molecule has 1 saturated carbocycles. The number of thioether (sulfide) groups is 1. The van der Waals surface area contributed by atoms with Crippen LogP contribution in [0.2, 0.25) is 0 Å². The summed E-state index contributed by atoms with van der Waals surface area (Å²) in [4.78, 5) is 16.6. The van der Waals surface area contributed by atoms with Crippen molar-refractivity contribution in [3.05, 3.63) is 29.8 Å². The molecule has 3 rings (SSSR count). The number of anilines is 1. The Hall–Kier alpha value is -1.69. The molecule has 0 radical (unpaired) electrons. The van der Waals surface area contributed by atoms with Crippen molar-refractivity contribution in [1.82, 2.24) is 10.6 Å². The second kappa shape index (κ2) is 9.86. The van der Waals surface area contributed by atoms with Gasteiger partial charge in [-0.1, -0.05) is 25.0 Å². The molecule has 1 atom stereocenters. The summed E-state index contributed by atoms with van der Waals surface area (Å²) in [5, 5.41) is 10.5. The van der Waals surface area contributed by atoms with Gasteiger partial charge in [-0.15, -0.1) is 0 Å². The maximum absolute atomic E-state index is 12.3. The number of guanidine groups is 1. The Kier molecular flexibility index (Phi) is 7.23. The van der Waals surface area contributed by atoms with Crippen LogP contribution in [0.15, 0.2) is 29.3 Å². The molecule has 0 spiro atoms. The van der Waals surface area contributed by atoms with Crippen molar-refractivity contribution in [2.45, 2.75) is 50.3 Å². The number of nitrogens with zero attached hydrogens (tertiary/aromatic N) is 1. The largest absolute Gasteiger partial charge is 0.355 e. The third-order valence-corrected chi connectivity index (χ3v) is 6.52. The maximum atomic E-state index is 12.3. The molecule has 2 aliphatic rings. The van der Waals surface area contributed by atoms with E-state index in [1.807, 2.05) is 30.0 Å². The highest BCUT2D eigenvalue weighted by Crippen LogP contribution is 2.26. The molecule has 5 nitrogen and oxygen atoms in total. The van der Waals surface area contributed by atoms with Crippen LogP contribution in [0.1, 0.15) is 44.1 Å². The van der Waals surface area contributed by atoms with Gasteiger partial charge in [-0.25, -0.2) is 0 Å². The van der Waals surface area contributed by atoms with Gasteiger partial charge in [-0.05, 0) is 49.1 Å². The van der Waals surface area contributed by atoms with Gasteiger partial charge in [0.05, 0.1) is 0 Å². The molecule has 0 bridgehead atoms. The fourth-order valence-corrected chi connectivity index (χ4v) is 4.81. The summed E-state index contributed by atoms with van der Waals surface area (Å²) in [5.74, 6) is 2.46. The van der Waals surface area contributed by atoms with E-state index in [1.165, 1.54) is 31.4 Å². The lowest BCUT2D eigenvalue weighted by Crippen LogP contribution is -2.39. The molecule has 0 aromatic heterocycles. The maximum Gasteiger partial charge on any atom is 0.227 e. The van der Waals surface area contributed by atoms with E-state index in [0.717, 1.165) is 36.6 Å². The monoisotopic (exact) mass is 374 g/mol. The van der Waals surface area contributed by atoms with Crippen molar-refractivity contribution in [2.24, 2.45) is 10.9 Å². The molecular weight excluding hydrogens is 344 g/mol. The Morgan fingerprint density at radius 1 is 1.19 bits per heavy atom. The van der Waals surface area contributed by atoms with E-state index < -0.39 is 0 Å². The van der Waals surface area contributed by atoms with Gasteiger partial charge >= 0.3 is 0 Å². The lowest BCUT2D eigenvalue weighted by Gasteiger charge is -2.15. The zero-order chi connectivity index (χ0) is 18.2. The zero-order valence-electron chi connectivity index (χ0n) is 15.6. The summed E-state index contributed by atoms with van der Waals surface area (Å²) in [7, 11) is 1.80. The number of carbonyl (C=O) groups excluding carboxylic acids is 1. The number of amides is 1. The highest BCUT2D eigenvalue weighted by molar-refractivity contribution is 8.00. The normalized spacial score (nSPS) is 21.0. The summed E-state index contributed by atoms with van der Waals surface area (Å²) >= 11 is 2.04. The Morgan fingerprint density at radius 3 is 2.77 bits per heavy atom. The van der Waals surface area contributed by atoms with Crippen LogP contribution in [0.4, 0.5) is 5.69 Å². The average molecular weight is 375 g/mol. The SMILES string of the molecule is CN=C(NCc1cccc(NC(=O)C2CCCC2)c1)NCC1CCCS1. The first-order valence-corrected chi connectivity index (χ1v) is 10.8. The Balaban J connectivity index is 1.47. The van der Waals surface area contributed by atoms with E-state index in [9.17, 15) is 4.79 Å². The Morgan fingerprint density at radius 2 is 2.04 bits per heavy atom. The number of hydrogen-bond donors (Lipinski definition) is 3. The third kappa shape index (κ3) is 5.66. The minimum atomic E-state index is 0.166. The van der Waals surface area contributed by atoms with Crippen LogP contribution in [-0.4, -0.2) is 36.5 Å². The molecule has 26 heavy (non-hydrogen) atoms. The van der Waals surface area contributed by atoms with Gasteiger partial charge in [0.25, 0.3) is 0 Å². The van der Waals surface area contributed by atoms with Gasteiger partial charge in [0.1, 0.15) is 0 Å². The van der Waals surface area contributed by atoms with Crippen molar-refractivity contribution >= 4 is 29.3 Å². The van der Waals surface area contributed by atoms with Crippen LogP contribution < -0.4 is 16.0 Å². The van der Waals surface area contributed by atoms with E-state index in [2.05, 4.69) is 27.0 Å². The molecule has 1 aliphatic carbocycles. The first-order chi connectivity index (χ1) is 12.7. The van der Waals surface area contributed by atoms with Crippen molar-refractivity contribution in [3.8, 4) is 0 Å². The lowest BCUT2D eigenvalue weighted by molar-refractivity contribution is -0.119. The van der Waals surface area contributed by atoms with E-state index in [1.54, 1.807) is 7.05 Å². The van der Waals surface area contributed by atoms with Crippen molar-refractivity contribution < 1.29 is 4.79 Å². The van der Waals surface area contributed by atoms with Crippen molar-refractivity contribution in [1.29, 1.82) is 0 Å². The molecule has 3 N–H and O–H groups in total. The molecule has 1 aliphatic heterocycles. The molecule has 1 unspecified atom stereocenters. The fraction of sp³-hybridized carbons (Fsp3) is 0.600. The first kappa shape index (κ1) is 19.1. The number of aliphatic imine (C=N–C) groups is 1. The standard InChI is InChI=1S/C20H30N4OS/c1-21-20(23-14-18-10-5-11-26-18)22-13-15-6-4-9-17(12-15)24-19(25)16-7-2-3-8-16/h4,6,9,12,16,18H,2-3,5,7-8,10-11,13-14H2,1H3,(H,24,25)(H2,21,22,23). The predicted octanol–water partition coefficient (Wildman–Crippen LogP) is 3.38. The molecule has 142 valence electrons. The van der Waals surface area contributed by atoms with Crippen LogP contribution >= 0.6 is 11.8 Å². The van der Waals surface area contributed by atoms with Gasteiger partial charge in [-0.2, -0.15) is 11.8 Å². The Bertz CT molecular complexity index is 622. The van der Waals surface area contributed by atoms with E-state index >= 15 is 0 Å². The molecule has 1 aromatic rings. The second-order valence-corrected chi connectivity index (χ2v) is 8.52. The predicted molar refractivity (Wildman–Crippen MR) is 111 cm³/mol. The van der Waals surface area contributed by atoms with Crippen LogP contribution in [0, 0.1) is 5.92 Å².